The number of aromatic nitrogens is 2. The van der Waals surface area contributed by atoms with Gasteiger partial charge < -0.3 is 9.64 Å². The highest BCUT2D eigenvalue weighted by Gasteiger charge is 2.26. The lowest BCUT2D eigenvalue weighted by molar-refractivity contribution is -0.159. The van der Waals surface area contributed by atoms with Crippen LogP contribution in [0.2, 0.25) is 0 Å². The molecule has 24 heavy (non-hydrogen) atoms. The zero-order valence-corrected chi connectivity index (χ0v) is 13.5. The van der Waals surface area contributed by atoms with E-state index >= 15 is 0 Å². The lowest BCUT2D eigenvalue weighted by Crippen LogP contribution is -2.39. The average Bonchev–Trinajstić information content (AvgIpc) is 3.11. The molecule has 1 aliphatic heterocycles. The SMILES string of the molecule is C[C@@H](OC(=O)Cn1cnc2ccccc2c1=O)C(=O)N1CCCC1. The van der Waals surface area contributed by atoms with Crippen molar-refractivity contribution in [1.82, 2.24) is 14.5 Å². The monoisotopic (exact) mass is 329 g/mol. The van der Waals surface area contributed by atoms with Gasteiger partial charge in [0.1, 0.15) is 6.54 Å². The molecule has 2 aromatic rings. The second kappa shape index (κ2) is 6.82. The molecule has 1 amide bonds. The summed E-state index contributed by atoms with van der Waals surface area (Å²) >= 11 is 0. The van der Waals surface area contributed by atoms with Crippen LogP contribution in [0, 0.1) is 0 Å². The van der Waals surface area contributed by atoms with Gasteiger partial charge in [0, 0.05) is 13.1 Å². The van der Waals surface area contributed by atoms with E-state index < -0.39 is 12.1 Å². The molecule has 3 rings (SSSR count). The first-order valence-corrected chi connectivity index (χ1v) is 7.99. The number of esters is 1. The fourth-order valence-corrected chi connectivity index (χ4v) is 2.84. The van der Waals surface area contributed by atoms with E-state index in [0.717, 1.165) is 12.8 Å². The first kappa shape index (κ1) is 16.2. The van der Waals surface area contributed by atoms with Gasteiger partial charge in [0.05, 0.1) is 17.2 Å². The van der Waals surface area contributed by atoms with Gasteiger partial charge in [0.2, 0.25) is 0 Å². The number of benzene rings is 1. The molecule has 0 aliphatic carbocycles. The molecule has 1 atom stereocenters. The largest absolute Gasteiger partial charge is 0.451 e. The Labute approximate surface area is 138 Å². The minimum atomic E-state index is -0.847. The highest BCUT2D eigenvalue weighted by molar-refractivity contribution is 5.83. The third kappa shape index (κ3) is 3.29. The Kier molecular flexibility index (Phi) is 4.59. The van der Waals surface area contributed by atoms with Crippen LogP contribution in [0.4, 0.5) is 0 Å². The van der Waals surface area contributed by atoms with Gasteiger partial charge in [-0.05, 0) is 31.9 Å². The Balaban J connectivity index is 1.67. The minimum absolute atomic E-state index is 0.190. The Morgan fingerprint density at radius 3 is 2.71 bits per heavy atom. The number of likely N-dealkylation sites (tertiary alicyclic amines) is 1. The van der Waals surface area contributed by atoms with Gasteiger partial charge in [0.15, 0.2) is 6.10 Å². The van der Waals surface area contributed by atoms with Crippen molar-refractivity contribution in [2.45, 2.75) is 32.4 Å². The molecule has 0 unspecified atom stereocenters. The maximum Gasteiger partial charge on any atom is 0.326 e. The zero-order valence-electron chi connectivity index (χ0n) is 13.5. The second-order valence-electron chi connectivity index (χ2n) is 5.86. The highest BCUT2D eigenvalue weighted by atomic mass is 16.5. The third-order valence-electron chi connectivity index (χ3n) is 4.10. The lowest BCUT2D eigenvalue weighted by Gasteiger charge is -2.20. The van der Waals surface area contributed by atoms with Gasteiger partial charge in [-0.3, -0.25) is 19.0 Å². The zero-order chi connectivity index (χ0) is 17.1. The van der Waals surface area contributed by atoms with Crippen molar-refractivity contribution >= 4 is 22.8 Å². The fraction of sp³-hybridized carbons (Fsp3) is 0.412. The molecule has 7 nitrogen and oxygen atoms in total. The van der Waals surface area contributed by atoms with Crippen LogP contribution >= 0.6 is 0 Å². The number of carbonyl (C=O) groups excluding carboxylic acids is 2. The molecule has 0 bridgehead atoms. The van der Waals surface area contributed by atoms with E-state index in [0.29, 0.717) is 24.0 Å². The Morgan fingerprint density at radius 1 is 1.25 bits per heavy atom. The molecule has 2 heterocycles. The van der Waals surface area contributed by atoms with E-state index in [2.05, 4.69) is 4.98 Å². The number of nitrogens with zero attached hydrogens (tertiary/aromatic N) is 3. The number of rotatable bonds is 4. The normalized spacial score (nSPS) is 15.5. The summed E-state index contributed by atoms with van der Waals surface area (Å²) in [6.07, 6.45) is 2.42. The van der Waals surface area contributed by atoms with Crippen molar-refractivity contribution in [2.24, 2.45) is 0 Å². The molecule has 1 aromatic heterocycles. The minimum Gasteiger partial charge on any atom is -0.451 e. The van der Waals surface area contributed by atoms with Crippen LogP contribution in [0.3, 0.4) is 0 Å². The van der Waals surface area contributed by atoms with E-state index in [1.165, 1.54) is 10.9 Å². The predicted octanol–water partition coefficient (Wildman–Crippen LogP) is 0.951. The van der Waals surface area contributed by atoms with Crippen molar-refractivity contribution in [2.75, 3.05) is 13.1 Å². The quantitative estimate of drug-likeness (QED) is 0.780. The maximum absolute atomic E-state index is 12.3. The first-order chi connectivity index (χ1) is 11.6. The van der Waals surface area contributed by atoms with Gasteiger partial charge in [-0.2, -0.15) is 0 Å². The molecule has 1 saturated heterocycles. The number of fused-ring (bicyclic) bond motifs is 1. The predicted molar refractivity (Wildman–Crippen MR) is 87.4 cm³/mol. The van der Waals surface area contributed by atoms with Gasteiger partial charge in [-0.15, -0.1) is 0 Å². The van der Waals surface area contributed by atoms with Crippen LogP contribution < -0.4 is 5.56 Å². The van der Waals surface area contributed by atoms with Crippen molar-refractivity contribution < 1.29 is 14.3 Å². The topological polar surface area (TPSA) is 81.5 Å². The molecule has 0 N–H and O–H groups in total. The molecule has 0 radical (unpaired) electrons. The summed E-state index contributed by atoms with van der Waals surface area (Å²) in [5.41, 5.74) is 0.265. The van der Waals surface area contributed by atoms with Gasteiger partial charge in [-0.1, -0.05) is 12.1 Å². The lowest BCUT2D eigenvalue weighted by atomic mass is 10.2. The van der Waals surface area contributed by atoms with E-state index in [9.17, 15) is 14.4 Å². The van der Waals surface area contributed by atoms with Crippen LogP contribution in [0.1, 0.15) is 19.8 Å². The Morgan fingerprint density at radius 2 is 1.96 bits per heavy atom. The van der Waals surface area contributed by atoms with E-state index in [1.807, 2.05) is 0 Å². The molecule has 1 fully saturated rings. The molecular formula is C17H19N3O4. The summed E-state index contributed by atoms with van der Waals surface area (Å²) in [5, 5.41) is 0.439. The highest BCUT2D eigenvalue weighted by Crippen LogP contribution is 2.11. The van der Waals surface area contributed by atoms with Crippen LogP contribution in [0.15, 0.2) is 35.4 Å². The van der Waals surface area contributed by atoms with Crippen molar-refractivity contribution in [3.05, 3.63) is 40.9 Å². The number of hydrogen-bond donors (Lipinski definition) is 0. The molecule has 1 aliphatic rings. The Hall–Kier alpha value is -2.70. The van der Waals surface area contributed by atoms with Gasteiger partial charge >= 0.3 is 5.97 Å². The van der Waals surface area contributed by atoms with Crippen molar-refractivity contribution in [3.8, 4) is 0 Å². The molecule has 0 spiro atoms. The fourth-order valence-electron chi connectivity index (χ4n) is 2.84. The van der Waals surface area contributed by atoms with E-state index in [-0.39, 0.29) is 18.0 Å². The van der Waals surface area contributed by atoms with E-state index in [4.69, 9.17) is 4.74 Å². The number of ether oxygens (including phenoxy) is 1. The molecule has 126 valence electrons. The van der Waals surface area contributed by atoms with E-state index in [1.54, 1.807) is 36.1 Å². The molecule has 7 heteroatoms. The first-order valence-electron chi connectivity index (χ1n) is 7.99. The summed E-state index contributed by atoms with van der Waals surface area (Å²) in [5.74, 6) is -0.820. The number of amides is 1. The van der Waals surface area contributed by atoms with Crippen LogP contribution in [0.25, 0.3) is 10.9 Å². The number of para-hydroxylation sites is 1. The average molecular weight is 329 g/mol. The van der Waals surface area contributed by atoms with Gasteiger partial charge in [-0.25, -0.2) is 4.98 Å². The second-order valence-corrected chi connectivity index (χ2v) is 5.86. The standard InChI is InChI=1S/C17H19N3O4/c1-12(16(22)19-8-4-5-9-19)24-15(21)10-20-11-18-14-7-3-2-6-13(14)17(20)23/h2-3,6-7,11-12H,4-5,8-10H2,1H3/t12-/m1/s1. The van der Waals surface area contributed by atoms with Crippen molar-refractivity contribution in [3.63, 3.8) is 0 Å². The molecule has 1 aromatic carbocycles. The smallest absolute Gasteiger partial charge is 0.326 e. The van der Waals surface area contributed by atoms with Crippen LogP contribution in [-0.2, 0) is 20.9 Å². The summed E-state index contributed by atoms with van der Waals surface area (Å²) in [6, 6.07) is 6.92. The van der Waals surface area contributed by atoms with Gasteiger partial charge in [0.25, 0.3) is 11.5 Å². The Bertz CT molecular complexity index is 824. The third-order valence-corrected chi connectivity index (χ3v) is 4.10. The summed E-state index contributed by atoms with van der Waals surface area (Å²) < 4.78 is 6.37. The molecular weight excluding hydrogens is 310 g/mol. The van der Waals surface area contributed by atoms with Crippen LogP contribution in [-0.4, -0.2) is 45.5 Å². The van der Waals surface area contributed by atoms with Crippen LogP contribution in [0.5, 0.6) is 0 Å². The summed E-state index contributed by atoms with van der Waals surface area (Å²) in [7, 11) is 0. The molecule has 0 saturated carbocycles. The van der Waals surface area contributed by atoms with Crippen molar-refractivity contribution in [1.29, 1.82) is 0 Å². The summed E-state index contributed by atoms with van der Waals surface area (Å²) in [6.45, 7) is 2.69. The number of hydrogen-bond acceptors (Lipinski definition) is 5. The summed E-state index contributed by atoms with van der Waals surface area (Å²) in [4.78, 5) is 42.4. The number of carbonyl (C=O) groups is 2. The maximum atomic E-state index is 12.3.